The first-order chi connectivity index (χ1) is 15.5. The number of ether oxygens (including phenoxy) is 1. The summed E-state index contributed by atoms with van der Waals surface area (Å²) in [6, 6.07) is 16.4. The molecule has 0 bridgehead atoms. The van der Waals surface area contributed by atoms with Crippen LogP contribution in [-0.2, 0) is 11.2 Å². The zero-order valence-corrected chi connectivity index (χ0v) is 17.3. The monoisotopic (exact) mass is 424 g/mol. The van der Waals surface area contributed by atoms with E-state index in [2.05, 4.69) is 6.07 Å². The maximum Gasteiger partial charge on any atom is 0.254 e. The van der Waals surface area contributed by atoms with E-state index in [-0.39, 0.29) is 5.91 Å². The number of pyridine rings is 1. The molecule has 1 aliphatic heterocycles. The molecule has 3 aromatic rings. The molecule has 2 heterocycles. The fourth-order valence-corrected chi connectivity index (χ4v) is 4.30. The maximum absolute atomic E-state index is 12.9. The Balaban J connectivity index is 1.55. The van der Waals surface area contributed by atoms with Crippen molar-refractivity contribution >= 4 is 11.8 Å². The first kappa shape index (κ1) is 19.9. The van der Waals surface area contributed by atoms with Crippen molar-refractivity contribution in [2.75, 3.05) is 26.3 Å². The number of fused-ring (bicyclic) bond motifs is 3. The van der Waals surface area contributed by atoms with Crippen LogP contribution in [0, 0.1) is 11.3 Å². The van der Waals surface area contributed by atoms with Crippen LogP contribution in [0.1, 0.15) is 37.4 Å². The Bertz CT molecular complexity index is 1290. The van der Waals surface area contributed by atoms with Gasteiger partial charge >= 0.3 is 0 Å². The number of benzene rings is 2. The smallest absolute Gasteiger partial charge is 0.254 e. The number of amides is 2. The molecule has 0 saturated carbocycles. The van der Waals surface area contributed by atoms with Crippen LogP contribution in [0.2, 0.25) is 0 Å². The van der Waals surface area contributed by atoms with Gasteiger partial charge in [0.15, 0.2) is 0 Å². The van der Waals surface area contributed by atoms with Crippen molar-refractivity contribution in [2.45, 2.75) is 6.42 Å². The number of nitrogens with two attached hydrogens (primary N) is 1. The van der Waals surface area contributed by atoms with Crippen LogP contribution >= 0.6 is 0 Å². The van der Waals surface area contributed by atoms with E-state index in [0.717, 1.165) is 22.3 Å². The third-order valence-corrected chi connectivity index (χ3v) is 5.97. The van der Waals surface area contributed by atoms with Crippen molar-refractivity contribution in [2.24, 2.45) is 5.73 Å². The summed E-state index contributed by atoms with van der Waals surface area (Å²) in [5.41, 5.74) is 12.0. The van der Waals surface area contributed by atoms with Crippen molar-refractivity contribution in [3.8, 4) is 28.6 Å². The predicted molar refractivity (Wildman–Crippen MR) is 118 cm³/mol. The number of rotatable bonds is 3. The van der Waals surface area contributed by atoms with E-state index in [1.54, 1.807) is 35.2 Å². The lowest BCUT2D eigenvalue weighted by molar-refractivity contribution is 0.0303. The molecule has 0 spiro atoms. The highest BCUT2D eigenvalue weighted by Gasteiger charge is 2.28. The Morgan fingerprint density at radius 3 is 2.50 bits per heavy atom. The lowest BCUT2D eigenvalue weighted by Gasteiger charge is -2.27. The molecule has 2 aliphatic rings. The van der Waals surface area contributed by atoms with Crippen molar-refractivity contribution in [3.63, 3.8) is 0 Å². The van der Waals surface area contributed by atoms with Gasteiger partial charge in [-0.15, -0.1) is 0 Å². The Morgan fingerprint density at radius 2 is 1.81 bits per heavy atom. The van der Waals surface area contributed by atoms with E-state index >= 15 is 0 Å². The number of carbonyl (C=O) groups excluding carboxylic acids is 2. The van der Waals surface area contributed by atoms with Crippen LogP contribution in [0.15, 0.2) is 48.5 Å². The topological polar surface area (TPSA) is 109 Å². The zero-order chi connectivity index (χ0) is 22.2. The number of carbonyl (C=O) groups is 2. The molecular formula is C25H20N4O3. The van der Waals surface area contributed by atoms with Crippen molar-refractivity contribution in [1.29, 1.82) is 5.26 Å². The van der Waals surface area contributed by atoms with Crippen LogP contribution in [-0.4, -0.2) is 48.0 Å². The van der Waals surface area contributed by atoms with Crippen LogP contribution < -0.4 is 5.73 Å². The second-order valence-electron chi connectivity index (χ2n) is 7.89. The summed E-state index contributed by atoms with van der Waals surface area (Å²) in [5.74, 6) is -0.538. The molecule has 158 valence electrons. The van der Waals surface area contributed by atoms with Crippen LogP contribution in [0.25, 0.3) is 22.5 Å². The molecule has 2 N–H and O–H groups in total. The minimum absolute atomic E-state index is 0.0200. The summed E-state index contributed by atoms with van der Waals surface area (Å²) < 4.78 is 5.34. The van der Waals surface area contributed by atoms with Gasteiger partial charge < -0.3 is 15.4 Å². The molecule has 0 radical (unpaired) electrons. The van der Waals surface area contributed by atoms with E-state index < -0.39 is 5.91 Å². The third kappa shape index (κ3) is 3.41. The number of hydrogen-bond acceptors (Lipinski definition) is 5. The molecule has 5 rings (SSSR count). The number of aromatic nitrogens is 1. The van der Waals surface area contributed by atoms with Crippen LogP contribution in [0.4, 0.5) is 0 Å². The molecule has 1 saturated heterocycles. The largest absolute Gasteiger partial charge is 0.378 e. The van der Waals surface area contributed by atoms with E-state index in [4.69, 9.17) is 20.7 Å². The van der Waals surface area contributed by atoms with Gasteiger partial charge in [-0.2, -0.15) is 5.26 Å². The molecule has 1 fully saturated rings. The molecular weight excluding hydrogens is 404 g/mol. The van der Waals surface area contributed by atoms with Gasteiger partial charge in [-0.3, -0.25) is 9.59 Å². The fraction of sp³-hybridized carbons (Fsp3) is 0.200. The number of primary amides is 1. The van der Waals surface area contributed by atoms with Gasteiger partial charge in [-0.05, 0) is 41.5 Å². The summed E-state index contributed by atoms with van der Waals surface area (Å²) in [5, 5.41) is 9.04. The van der Waals surface area contributed by atoms with Gasteiger partial charge in [0.1, 0.15) is 0 Å². The highest BCUT2D eigenvalue weighted by molar-refractivity contribution is 6.00. The van der Waals surface area contributed by atoms with Gasteiger partial charge in [0.05, 0.1) is 36.2 Å². The molecule has 32 heavy (non-hydrogen) atoms. The average molecular weight is 424 g/mol. The normalized spacial score (nSPS) is 14.4. The number of morpholine rings is 1. The summed E-state index contributed by atoms with van der Waals surface area (Å²) in [4.78, 5) is 31.8. The van der Waals surface area contributed by atoms with Crippen molar-refractivity contribution in [3.05, 3.63) is 76.3 Å². The van der Waals surface area contributed by atoms with E-state index in [1.165, 1.54) is 0 Å². The fourth-order valence-electron chi connectivity index (χ4n) is 4.30. The van der Waals surface area contributed by atoms with E-state index in [9.17, 15) is 9.59 Å². The van der Waals surface area contributed by atoms with Crippen LogP contribution in [0.5, 0.6) is 0 Å². The number of nitrogens with zero attached hydrogens (tertiary/aromatic N) is 3. The Hall–Kier alpha value is -4.02. The highest BCUT2D eigenvalue weighted by Crippen LogP contribution is 2.39. The summed E-state index contributed by atoms with van der Waals surface area (Å²) in [6.07, 6.45) is 0.494. The van der Waals surface area contributed by atoms with Gasteiger partial charge in [-0.25, -0.2) is 4.98 Å². The summed E-state index contributed by atoms with van der Waals surface area (Å²) in [6.45, 7) is 2.26. The van der Waals surface area contributed by atoms with E-state index in [1.807, 2.05) is 18.2 Å². The molecule has 0 atom stereocenters. The molecule has 7 nitrogen and oxygen atoms in total. The second-order valence-corrected chi connectivity index (χ2v) is 7.89. The maximum atomic E-state index is 12.9. The average Bonchev–Trinajstić information content (AvgIpc) is 3.21. The summed E-state index contributed by atoms with van der Waals surface area (Å²) >= 11 is 0. The van der Waals surface area contributed by atoms with Crippen molar-refractivity contribution in [1.82, 2.24) is 9.88 Å². The summed E-state index contributed by atoms with van der Waals surface area (Å²) in [7, 11) is 0. The highest BCUT2D eigenvalue weighted by atomic mass is 16.5. The van der Waals surface area contributed by atoms with Gasteiger partial charge in [0, 0.05) is 41.8 Å². The van der Waals surface area contributed by atoms with Gasteiger partial charge in [0.2, 0.25) is 5.91 Å². The lowest BCUT2D eigenvalue weighted by atomic mass is 10.0. The Labute approximate surface area is 185 Å². The molecule has 2 aromatic carbocycles. The molecule has 7 heteroatoms. The van der Waals surface area contributed by atoms with Crippen LogP contribution in [0.3, 0.4) is 0 Å². The second kappa shape index (κ2) is 7.91. The zero-order valence-electron chi connectivity index (χ0n) is 17.3. The van der Waals surface area contributed by atoms with E-state index in [0.29, 0.717) is 60.8 Å². The standard InChI is InChI=1S/C25H20N4O3/c26-14-15-1-3-16(4-2-15)22-13-21(24(27)30)20-12-18-11-17(5-6-19(18)23(20)28-22)25(31)29-7-9-32-10-8-29/h1-6,11,13H,7-10,12H2,(H2,27,30). The number of hydrogen-bond donors (Lipinski definition) is 1. The predicted octanol–water partition coefficient (Wildman–Crippen LogP) is 2.76. The first-order valence-electron chi connectivity index (χ1n) is 10.4. The molecule has 2 amide bonds. The first-order valence-corrected chi connectivity index (χ1v) is 10.4. The van der Waals surface area contributed by atoms with Crippen molar-refractivity contribution < 1.29 is 14.3 Å². The lowest BCUT2D eigenvalue weighted by Crippen LogP contribution is -2.40. The molecule has 1 aromatic heterocycles. The third-order valence-electron chi connectivity index (χ3n) is 5.97. The Morgan fingerprint density at radius 1 is 1.06 bits per heavy atom. The van der Waals surface area contributed by atoms with Gasteiger partial charge in [0.25, 0.3) is 5.91 Å². The van der Waals surface area contributed by atoms with Gasteiger partial charge in [-0.1, -0.05) is 18.2 Å². The number of nitriles is 1. The minimum Gasteiger partial charge on any atom is -0.378 e. The molecule has 1 aliphatic carbocycles. The minimum atomic E-state index is -0.518. The molecule has 0 unspecified atom stereocenters. The Kier molecular flexibility index (Phi) is 4.92. The quantitative estimate of drug-likeness (QED) is 0.544. The SMILES string of the molecule is N#Cc1ccc(-c2cc(C(N)=O)c3c(n2)-c2ccc(C(=O)N4CCOCC4)cc2C3)cc1.